The van der Waals surface area contributed by atoms with E-state index in [1.54, 1.807) is 23.1 Å². The highest BCUT2D eigenvalue weighted by molar-refractivity contribution is 7.11. The predicted molar refractivity (Wildman–Crippen MR) is 139 cm³/mol. The zero-order valence-corrected chi connectivity index (χ0v) is 21.5. The lowest BCUT2D eigenvalue weighted by Crippen LogP contribution is -2.36. The van der Waals surface area contributed by atoms with Crippen molar-refractivity contribution in [2.45, 2.75) is 31.5 Å². The summed E-state index contributed by atoms with van der Waals surface area (Å²) in [7, 11) is 0. The molecule has 38 heavy (non-hydrogen) atoms. The normalized spacial score (nSPS) is 14.6. The van der Waals surface area contributed by atoms with Crippen molar-refractivity contribution in [1.82, 2.24) is 24.8 Å². The summed E-state index contributed by atoms with van der Waals surface area (Å²) in [6.45, 7) is 4.77. The molecule has 4 heterocycles. The van der Waals surface area contributed by atoms with Crippen molar-refractivity contribution in [2.75, 3.05) is 18.4 Å². The second kappa shape index (κ2) is 10.6. The minimum atomic E-state index is -4.48. The molecule has 3 aromatic heterocycles. The maximum Gasteiger partial charge on any atom is 0.443 e. The highest BCUT2D eigenvalue weighted by Crippen LogP contribution is 2.37. The highest BCUT2D eigenvalue weighted by Gasteiger charge is 2.34. The van der Waals surface area contributed by atoms with E-state index in [0.717, 1.165) is 30.0 Å². The zero-order valence-electron chi connectivity index (χ0n) is 19.9. The summed E-state index contributed by atoms with van der Waals surface area (Å²) in [6, 6.07) is 5.04. The number of anilines is 2. The van der Waals surface area contributed by atoms with Gasteiger partial charge in [-0.2, -0.15) is 13.2 Å². The fraction of sp³-hybridized carbons (Fsp3) is 0.280. The van der Waals surface area contributed by atoms with E-state index < -0.39 is 11.2 Å². The first-order valence-electron chi connectivity index (χ1n) is 11.7. The largest absolute Gasteiger partial charge is 0.486 e. The molecule has 0 saturated carbocycles. The smallest absolute Gasteiger partial charge is 0.443 e. The summed E-state index contributed by atoms with van der Waals surface area (Å²) < 4.78 is 43.9. The van der Waals surface area contributed by atoms with Crippen LogP contribution in [0.1, 0.15) is 34.2 Å². The summed E-state index contributed by atoms with van der Waals surface area (Å²) in [6.07, 6.45) is 3.01. The second-order valence-electron chi connectivity index (χ2n) is 8.68. The molecule has 13 heteroatoms. The van der Waals surface area contributed by atoms with Crippen LogP contribution in [0.3, 0.4) is 0 Å². The molecule has 0 aliphatic carbocycles. The lowest BCUT2D eigenvalue weighted by molar-refractivity contribution is -0.137. The molecular weight excluding hydrogens is 541 g/mol. The Hall–Kier alpha value is -3.64. The fourth-order valence-corrected chi connectivity index (χ4v) is 5.36. The van der Waals surface area contributed by atoms with Crippen LogP contribution in [-0.2, 0) is 17.6 Å². The zero-order chi connectivity index (χ0) is 26.9. The van der Waals surface area contributed by atoms with Gasteiger partial charge in [0.1, 0.15) is 30.1 Å². The molecule has 8 nitrogen and oxygen atoms in total. The van der Waals surface area contributed by atoms with Gasteiger partial charge in [0.2, 0.25) is 5.91 Å². The van der Waals surface area contributed by atoms with Crippen molar-refractivity contribution in [1.29, 1.82) is 0 Å². The first-order valence-corrected chi connectivity index (χ1v) is 12.9. The van der Waals surface area contributed by atoms with Gasteiger partial charge in [-0.25, -0.2) is 15.0 Å². The number of amides is 1. The van der Waals surface area contributed by atoms with Crippen LogP contribution in [0.4, 0.5) is 24.7 Å². The van der Waals surface area contributed by atoms with Crippen LogP contribution < -0.4 is 10.1 Å². The Kier molecular flexibility index (Phi) is 7.26. The van der Waals surface area contributed by atoms with Gasteiger partial charge in [0, 0.05) is 31.2 Å². The molecule has 198 valence electrons. The van der Waals surface area contributed by atoms with E-state index in [4.69, 9.17) is 16.3 Å². The van der Waals surface area contributed by atoms with E-state index in [1.165, 1.54) is 12.4 Å². The third kappa shape index (κ3) is 5.46. The molecule has 0 atom stereocenters. The molecular formula is C25H22ClF3N6O2S. The van der Waals surface area contributed by atoms with E-state index >= 15 is 0 Å². The molecule has 0 radical (unpaired) electrons. The maximum absolute atomic E-state index is 12.8. The van der Waals surface area contributed by atoms with Crippen molar-refractivity contribution in [3.05, 3.63) is 70.0 Å². The van der Waals surface area contributed by atoms with Crippen LogP contribution >= 0.6 is 22.9 Å². The minimum Gasteiger partial charge on any atom is -0.486 e. The fourth-order valence-electron chi connectivity index (χ4n) is 4.43. The molecule has 0 bridgehead atoms. The number of likely N-dealkylation sites (tertiary alicyclic amines) is 1. The SMILES string of the molecule is C=CC(=O)N1CCC(c2c[nH]c3ncnc(Nc4ccc(OCc5cnc(C(F)(F)F)s5)c(Cl)c4)c23)CC1. The summed E-state index contributed by atoms with van der Waals surface area (Å²) in [5.74, 6) is 1.10. The van der Waals surface area contributed by atoms with Crippen molar-refractivity contribution < 1.29 is 22.7 Å². The predicted octanol–water partition coefficient (Wildman–Crippen LogP) is 6.30. The van der Waals surface area contributed by atoms with Crippen LogP contribution in [0.15, 0.2) is 49.6 Å². The molecule has 1 aliphatic rings. The van der Waals surface area contributed by atoms with E-state index in [0.29, 0.717) is 52.2 Å². The molecule has 2 N–H and O–H groups in total. The number of thiazole rings is 1. The number of alkyl halides is 3. The Bertz CT molecular complexity index is 1480. The van der Waals surface area contributed by atoms with Crippen molar-refractivity contribution in [3.63, 3.8) is 0 Å². The summed E-state index contributed by atoms with van der Waals surface area (Å²) in [4.78, 5) is 29.5. The van der Waals surface area contributed by atoms with Crippen LogP contribution in [0.5, 0.6) is 5.75 Å². The number of carbonyl (C=O) groups excluding carboxylic acids is 1. The summed E-state index contributed by atoms with van der Waals surface area (Å²) >= 11 is 6.94. The Balaban J connectivity index is 1.30. The van der Waals surface area contributed by atoms with E-state index in [1.807, 2.05) is 6.20 Å². The summed E-state index contributed by atoms with van der Waals surface area (Å²) in [5, 5.41) is 3.52. The van der Waals surface area contributed by atoms with Gasteiger partial charge in [0.15, 0.2) is 5.01 Å². The molecule has 1 aliphatic heterocycles. The molecule has 0 spiro atoms. The summed E-state index contributed by atoms with van der Waals surface area (Å²) in [5.41, 5.74) is 2.41. The second-order valence-corrected chi connectivity index (χ2v) is 10.2. The van der Waals surface area contributed by atoms with Crippen LogP contribution in [-0.4, -0.2) is 43.8 Å². The van der Waals surface area contributed by atoms with Gasteiger partial charge in [-0.15, -0.1) is 11.3 Å². The molecule has 4 aromatic rings. The number of nitrogens with zero attached hydrogens (tertiary/aromatic N) is 4. The Morgan fingerprint density at radius 2 is 2.08 bits per heavy atom. The number of nitrogens with one attached hydrogen (secondary N) is 2. The minimum absolute atomic E-state index is 0.0597. The molecule has 5 rings (SSSR count). The van der Waals surface area contributed by atoms with Gasteiger partial charge in [0.05, 0.1) is 15.3 Å². The van der Waals surface area contributed by atoms with E-state index in [9.17, 15) is 18.0 Å². The Morgan fingerprint density at radius 1 is 1.29 bits per heavy atom. The number of hydrogen-bond acceptors (Lipinski definition) is 7. The molecule has 0 unspecified atom stereocenters. The average molecular weight is 563 g/mol. The third-order valence-corrected chi connectivity index (χ3v) is 7.59. The average Bonchev–Trinajstić information content (AvgIpc) is 3.56. The first-order chi connectivity index (χ1) is 18.2. The first kappa shape index (κ1) is 26.0. The maximum atomic E-state index is 12.8. The number of hydrogen-bond donors (Lipinski definition) is 2. The number of aromatic amines is 1. The molecule has 1 aromatic carbocycles. The number of aromatic nitrogens is 4. The number of ether oxygens (including phenoxy) is 1. The monoisotopic (exact) mass is 562 g/mol. The van der Waals surface area contributed by atoms with Crippen LogP contribution in [0.25, 0.3) is 11.0 Å². The Labute approximate surface area is 224 Å². The number of halogens is 4. The van der Waals surface area contributed by atoms with Gasteiger partial charge in [-0.1, -0.05) is 18.2 Å². The van der Waals surface area contributed by atoms with Crippen molar-refractivity contribution in [2.24, 2.45) is 0 Å². The van der Waals surface area contributed by atoms with Crippen molar-refractivity contribution in [3.8, 4) is 5.75 Å². The lowest BCUT2D eigenvalue weighted by atomic mass is 9.89. The highest BCUT2D eigenvalue weighted by atomic mass is 35.5. The number of benzene rings is 1. The number of rotatable bonds is 7. The quantitative estimate of drug-likeness (QED) is 0.257. The number of fused-ring (bicyclic) bond motifs is 1. The van der Waals surface area contributed by atoms with Gasteiger partial charge >= 0.3 is 6.18 Å². The van der Waals surface area contributed by atoms with Gasteiger partial charge in [-0.3, -0.25) is 4.79 Å². The number of H-pyrrole nitrogens is 1. The molecule has 1 amide bonds. The standard InChI is InChI=1S/C25H22ClF3N6O2S/c1-2-20(36)35-7-5-14(6-8-35)17-11-30-22-21(17)23(33-13-32-22)34-15-3-4-19(18(26)9-15)37-12-16-10-31-24(38-16)25(27,28)29/h2-4,9-11,13-14H,1,5-8,12H2,(H2,30,32,33,34). The molecule has 1 saturated heterocycles. The number of piperidine rings is 1. The molecule has 1 fully saturated rings. The van der Waals surface area contributed by atoms with E-state index in [-0.39, 0.29) is 23.5 Å². The van der Waals surface area contributed by atoms with E-state index in [2.05, 4.69) is 31.8 Å². The topological polar surface area (TPSA) is 96.0 Å². The third-order valence-electron chi connectivity index (χ3n) is 6.28. The van der Waals surface area contributed by atoms with Gasteiger partial charge < -0.3 is 19.9 Å². The van der Waals surface area contributed by atoms with Gasteiger partial charge in [-0.05, 0) is 48.6 Å². The van der Waals surface area contributed by atoms with Gasteiger partial charge in [0.25, 0.3) is 0 Å². The van der Waals surface area contributed by atoms with Crippen LogP contribution in [0, 0.1) is 0 Å². The number of carbonyl (C=O) groups is 1. The van der Waals surface area contributed by atoms with Crippen LogP contribution in [0.2, 0.25) is 5.02 Å². The Morgan fingerprint density at radius 3 is 2.76 bits per heavy atom. The lowest BCUT2D eigenvalue weighted by Gasteiger charge is -2.31. The van der Waals surface area contributed by atoms with Crippen molar-refractivity contribution >= 4 is 51.4 Å².